The van der Waals surface area contributed by atoms with Crippen LogP contribution in [0.5, 0.6) is 11.5 Å². The van der Waals surface area contributed by atoms with Crippen molar-refractivity contribution in [2.75, 3.05) is 7.11 Å². The van der Waals surface area contributed by atoms with Crippen molar-refractivity contribution in [1.29, 1.82) is 0 Å². The van der Waals surface area contributed by atoms with Crippen LogP contribution in [0.15, 0.2) is 52.4 Å². The van der Waals surface area contributed by atoms with E-state index in [-0.39, 0.29) is 19.1 Å². The number of ether oxygens (including phenoxy) is 2. The fourth-order valence-corrected chi connectivity index (χ4v) is 2.62. The van der Waals surface area contributed by atoms with Gasteiger partial charge in [-0.05, 0) is 41.8 Å². The molecule has 7 nitrogen and oxygen atoms in total. The largest absolute Gasteiger partial charge is 0.497 e. The summed E-state index contributed by atoms with van der Waals surface area (Å²) in [4.78, 5) is 17.0. The number of aromatic nitrogens is 2. The van der Waals surface area contributed by atoms with Crippen LogP contribution >= 0.6 is 11.3 Å². The number of benzene rings is 1. The maximum absolute atomic E-state index is 11.8. The fraction of sp³-hybridized carbons (Fsp3) is 0.167. The molecule has 0 radical (unpaired) electrons. The van der Waals surface area contributed by atoms with Crippen LogP contribution in [0.25, 0.3) is 6.08 Å². The minimum Gasteiger partial charge on any atom is -0.497 e. The summed E-state index contributed by atoms with van der Waals surface area (Å²) < 4.78 is 15.8. The monoisotopic (exact) mass is 371 g/mol. The Balaban J connectivity index is 1.44. The SMILES string of the molecule is COc1ccc(OCc2noc(CNC(=O)/C=C/c3cccs3)n2)cc1. The molecule has 3 aromatic rings. The molecule has 0 saturated carbocycles. The van der Waals surface area contributed by atoms with Crippen molar-refractivity contribution in [1.82, 2.24) is 15.5 Å². The third-order valence-corrected chi connectivity index (χ3v) is 4.13. The molecule has 134 valence electrons. The third kappa shape index (κ3) is 5.18. The van der Waals surface area contributed by atoms with Crippen LogP contribution in [0.3, 0.4) is 0 Å². The number of hydrogen-bond acceptors (Lipinski definition) is 7. The molecule has 0 fully saturated rings. The standard InChI is InChI=1S/C18H17N3O4S/c1-23-13-4-6-14(7-5-13)24-12-16-20-18(25-21-16)11-19-17(22)9-8-15-3-2-10-26-15/h2-10H,11-12H2,1H3,(H,19,22)/b9-8+. The predicted molar refractivity (Wildman–Crippen MR) is 96.8 cm³/mol. The zero-order valence-corrected chi connectivity index (χ0v) is 14.9. The van der Waals surface area contributed by atoms with Crippen LogP contribution in [-0.2, 0) is 17.9 Å². The van der Waals surface area contributed by atoms with E-state index in [4.69, 9.17) is 14.0 Å². The highest BCUT2D eigenvalue weighted by molar-refractivity contribution is 7.10. The second kappa shape index (κ2) is 8.82. The lowest BCUT2D eigenvalue weighted by molar-refractivity contribution is -0.116. The second-order valence-electron chi connectivity index (χ2n) is 5.14. The van der Waals surface area contributed by atoms with Crippen LogP contribution in [-0.4, -0.2) is 23.2 Å². The van der Waals surface area contributed by atoms with Gasteiger partial charge in [0.2, 0.25) is 17.6 Å². The highest BCUT2D eigenvalue weighted by atomic mass is 32.1. The first-order valence-electron chi connectivity index (χ1n) is 7.80. The zero-order chi connectivity index (χ0) is 18.2. The van der Waals surface area contributed by atoms with Crippen molar-refractivity contribution >= 4 is 23.3 Å². The molecule has 0 unspecified atom stereocenters. The Bertz CT molecular complexity index is 857. The van der Waals surface area contributed by atoms with Crippen LogP contribution in [0.1, 0.15) is 16.6 Å². The summed E-state index contributed by atoms with van der Waals surface area (Å²) in [7, 11) is 1.60. The molecule has 0 atom stereocenters. The molecule has 2 heterocycles. The number of rotatable bonds is 8. The summed E-state index contributed by atoms with van der Waals surface area (Å²) in [6.45, 7) is 0.325. The van der Waals surface area contributed by atoms with Gasteiger partial charge in [0.15, 0.2) is 6.61 Å². The maximum Gasteiger partial charge on any atom is 0.246 e. The molecule has 0 aliphatic rings. The molecule has 0 spiro atoms. The van der Waals surface area contributed by atoms with E-state index < -0.39 is 0 Å². The normalized spacial score (nSPS) is 10.8. The maximum atomic E-state index is 11.8. The third-order valence-electron chi connectivity index (χ3n) is 3.29. The molecule has 1 N–H and O–H groups in total. The highest BCUT2D eigenvalue weighted by Crippen LogP contribution is 2.17. The molecule has 0 bridgehead atoms. The molecular formula is C18H17N3O4S. The first kappa shape index (κ1) is 17.7. The van der Waals surface area contributed by atoms with Crippen LogP contribution in [0.2, 0.25) is 0 Å². The summed E-state index contributed by atoms with van der Waals surface area (Å²) in [5, 5.41) is 8.47. The Morgan fingerprint density at radius 2 is 2.08 bits per heavy atom. The molecule has 0 aliphatic carbocycles. The Hall–Kier alpha value is -3.13. The molecule has 1 amide bonds. The highest BCUT2D eigenvalue weighted by Gasteiger charge is 2.08. The quantitative estimate of drug-likeness (QED) is 0.613. The van der Waals surface area contributed by atoms with E-state index in [1.165, 1.54) is 6.08 Å². The lowest BCUT2D eigenvalue weighted by Crippen LogP contribution is -2.20. The number of nitrogens with one attached hydrogen (secondary N) is 1. The minimum atomic E-state index is -0.229. The summed E-state index contributed by atoms with van der Waals surface area (Å²) >= 11 is 1.56. The van der Waals surface area contributed by atoms with Crippen LogP contribution in [0.4, 0.5) is 0 Å². The number of carbonyl (C=O) groups is 1. The van der Waals surface area contributed by atoms with Gasteiger partial charge in [0.1, 0.15) is 11.5 Å². The Morgan fingerprint density at radius 1 is 1.27 bits per heavy atom. The first-order valence-corrected chi connectivity index (χ1v) is 8.68. The van der Waals surface area contributed by atoms with Crippen molar-refractivity contribution in [3.63, 3.8) is 0 Å². The van der Waals surface area contributed by atoms with Gasteiger partial charge in [0.05, 0.1) is 13.7 Å². The van der Waals surface area contributed by atoms with Crippen molar-refractivity contribution in [2.24, 2.45) is 0 Å². The molecule has 0 saturated heterocycles. The van der Waals surface area contributed by atoms with Gasteiger partial charge in [-0.2, -0.15) is 4.98 Å². The molecular weight excluding hydrogens is 354 g/mol. The van der Waals surface area contributed by atoms with E-state index in [1.807, 2.05) is 17.5 Å². The van der Waals surface area contributed by atoms with Gasteiger partial charge in [-0.1, -0.05) is 11.2 Å². The lowest BCUT2D eigenvalue weighted by atomic mass is 10.3. The van der Waals surface area contributed by atoms with E-state index in [9.17, 15) is 4.79 Å². The topological polar surface area (TPSA) is 86.5 Å². The van der Waals surface area contributed by atoms with E-state index in [1.54, 1.807) is 48.8 Å². The average molecular weight is 371 g/mol. The summed E-state index contributed by atoms with van der Waals surface area (Å²) in [6, 6.07) is 11.0. The average Bonchev–Trinajstić information content (AvgIpc) is 3.35. The van der Waals surface area contributed by atoms with E-state index in [2.05, 4.69) is 15.5 Å². The number of thiophene rings is 1. The fourth-order valence-electron chi connectivity index (χ4n) is 2.01. The minimum absolute atomic E-state index is 0.156. The van der Waals surface area contributed by atoms with Gasteiger partial charge in [-0.15, -0.1) is 11.3 Å². The zero-order valence-electron chi connectivity index (χ0n) is 14.0. The number of methoxy groups -OCH3 is 1. The molecule has 8 heteroatoms. The Kier molecular flexibility index (Phi) is 6.00. The molecule has 1 aromatic carbocycles. The number of carbonyl (C=O) groups excluding carboxylic acids is 1. The van der Waals surface area contributed by atoms with Gasteiger partial charge in [-0.25, -0.2) is 0 Å². The summed E-state index contributed by atoms with van der Waals surface area (Å²) in [5.41, 5.74) is 0. The van der Waals surface area contributed by atoms with E-state index in [0.717, 1.165) is 10.6 Å². The van der Waals surface area contributed by atoms with Crippen LogP contribution in [0, 0.1) is 0 Å². The number of hydrogen-bond donors (Lipinski definition) is 1. The van der Waals surface area contributed by atoms with Crippen molar-refractivity contribution in [3.8, 4) is 11.5 Å². The van der Waals surface area contributed by atoms with E-state index >= 15 is 0 Å². The summed E-state index contributed by atoms with van der Waals surface area (Å²) in [5.74, 6) is 1.91. The molecule has 26 heavy (non-hydrogen) atoms. The molecule has 2 aromatic heterocycles. The Labute approximate surface area is 154 Å². The van der Waals surface area contributed by atoms with Gasteiger partial charge in [-0.3, -0.25) is 4.79 Å². The smallest absolute Gasteiger partial charge is 0.246 e. The van der Waals surface area contributed by atoms with Gasteiger partial charge < -0.3 is 19.3 Å². The van der Waals surface area contributed by atoms with Gasteiger partial charge >= 0.3 is 0 Å². The number of amides is 1. The van der Waals surface area contributed by atoms with Crippen molar-refractivity contribution in [3.05, 3.63) is 64.4 Å². The Morgan fingerprint density at radius 3 is 2.81 bits per heavy atom. The number of nitrogens with zero attached hydrogens (tertiary/aromatic N) is 2. The molecule has 3 rings (SSSR count). The van der Waals surface area contributed by atoms with Gasteiger partial charge in [0, 0.05) is 11.0 Å². The summed E-state index contributed by atoms with van der Waals surface area (Å²) in [6.07, 6.45) is 3.22. The molecule has 0 aliphatic heterocycles. The van der Waals surface area contributed by atoms with Gasteiger partial charge in [0.25, 0.3) is 0 Å². The van der Waals surface area contributed by atoms with Crippen LogP contribution < -0.4 is 14.8 Å². The van der Waals surface area contributed by atoms with E-state index in [0.29, 0.717) is 17.5 Å². The van der Waals surface area contributed by atoms with Crippen molar-refractivity contribution in [2.45, 2.75) is 13.2 Å². The lowest BCUT2D eigenvalue weighted by Gasteiger charge is -2.04. The first-order chi connectivity index (χ1) is 12.7. The predicted octanol–water partition coefficient (Wildman–Crippen LogP) is 3.05. The second-order valence-corrected chi connectivity index (χ2v) is 6.11. The van der Waals surface area contributed by atoms with Crippen molar-refractivity contribution < 1.29 is 18.8 Å².